The molecule has 3 rings (SSSR count). The van der Waals surface area contributed by atoms with E-state index in [9.17, 15) is 9.59 Å². The number of benzene rings is 2. The molecule has 0 aliphatic carbocycles. The number of anilines is 1. The van der Waals surface area contributed by atoms with Crippen molar-refractivity contribution in [1.82, 2.24) is 4.90 Å². The molecule has 1 fully saturated rings. The summed E-state index contributed by atoms with van der Waals surface area (Å²) < 4.78 is 4.84. The van der Waals surface area contributed by atoms with Crippen LogP contribution in [0.5, 0.6) is 0 Å². The first kappa shape index (κ1) is 18.9. The fourth-order valence-corrected chi connectivity index (χ4v) is 3.10. The maximum absolute atomic E-state index is 13.2. The maximum Gasteiger partial charge on any atom is 0.345 e. The third kappa shape index (κ3) is 4.46. The van der Waals surface area contributed by atoms with Gasteiger partial charge in [-0.2, -0.15) is 10.1 Å². The van der Waals surface area contributed by atoms with Crippen LogP contribution in [0.4, 0.5) is 10.5 Å². The van der Waals surface area contributed by atoms with Crippen LogP contribution in [-0.2, 0) is 9.53 Å². The molecule has 1 aliphatic rings. The normalized spacial score (nSPS) is 16.5. The van der Waals surface area contributed by atoms with Crippen LogP contribution < -0.4 is 5.01 Å². The van der Waals surface area contributed by atoms with E-state index in [4.69, 9.17) is 16.3 Å². The topological polar surface area (TPSA) is 62.2 Å². The van der Waals surface area contributed by atoms with Crippen LogP contribution in [0.25, 0.3) is 0 Å². The minimum Gasteiger partial charge on any atom is -0.467 e. The first-order valence-electron chi connectivity index (χ1n) is 8.63. The second-order valence-electron chi connectivity index (χ2n) is 6.10. The van der Waals surface area contributed by atoms with E-state index >= 15 is 0 Å². The average Bonchev–Trinajstić information content (AvgIpc) is 3.19. The van der Waals surface area contributed by atoms with E-state index in [0.717, 1.165) is 12.0 Å². The summed E-state index contributed by atoms with van der Waals surface area (Å²) in [4.78, 5) is 26.7. The van der Waals surface area contributed by atoms with Crippen molar-refractivity contribution in [3.63, 3.8) is 0 Å². The number of amides is 2. The molecule has 27 heavy (non-hydrogen) atoms. The highest BCUT2D eigenvalue weighted by atomic mass is 35.5. The molecular weight excluding hydrogens is 366 g/mol. The zero-order valence-corrected chi connectivity index (χ0v) is 15.7. The molecule has 2 amide bonds. The number of ether oxygens (including phenoxy) is 1. The smallest absolute Gasteiger partial charge is 0.345 e. The molecule has 0 radical (unpaired) electrons. The summed E-state index contributed by atoms with van der Waals surface area (Å²) >= 11 is 5.97. The summed E-state index contributed by atoms with van der Waals surface area (Å²) in [6.45, 7) is 0.476. The summed E-state index contributed by atoms with van der Waals surface area (Å²) in [5.74, 6) is -0.413. The zero-order chi connectivity index (χ0) is 19.2. The van der Waals surface area contributed by atoms with Crippen molar-refractivity contribution >= 4 is 35.5 Å². The molecule has 0 N–H and O–H groups in total. The van der Waals surface area contributed by atoms with Gasteiger partial charge in [0, 0.05) is 11.6 Å². The van der Waals surface area contributed by atoms with E-state index in [1.165, 1.54) is 17.0 Å². The third-order valence-corrected chi connectivity index (χ3v) is 4.60. The molecule has 1 saturated heterocycles. The van der Waals surface area contributed by atoms with Gasteiger partial charge in [0.05, 0.1) is 19.0 Å². The van der Waals surface area contributed by atoms with Crippen LogP contribution in [0, 0.1) is 0 Å². The molecule has 140 valence electrons. The number of carbonyl (C=O) groups excluding carboxylic acids is 2. The summed E-state index contributed by atoms with van der Waals surface area (Å²) in [7, 11) is 1.33. The fourth-order valence-electron chi connectivity index (χ4n) is 2.97. The number of rotatable bonds is 4. The average molecular weight is 386 g/mol. The molecule has 0 unspecified atom stereocenters. The SMILES string of the molecule is COC(=O)[C@@H]1CCCN1C(=O)N(/N=C\c1ccccc1)c1ccc(Cl)cc1. The van der Waals surface area contributed by atoms with E-state index in [1.54, 1.807) is 30.5 Å². The van der Waals surface area contributed by atoms with Crippen molar-refractivity contribution in [1.29, 1.82) is 0 Å². The first-order chi connectivity index (χ1) is 13.1. The molecule has 2 aromatic carbocycles. The lowest BCUT2D eigenvalue weighted by Gasteiger charge is -2.27. The summed E-state index contributed by atoms with van der Waals surface area (Å²) in [5.41, 5.74) is 1.42. The van der Waals surface area contributed by atoms with Crippen LogP contribution in [0.2, 0.25) is 5.02 Å². The number of hydrogen-bond donors (Lipinski definition) is 0. The van der Waals surface area contributed by atoms with Crippen LogP contribution in [0.15, 0.2) is 59.7 Å². The Bertz CT molecular complexity index is 824. The molecule has 0 aromatic heterocycles. The van der Waals surface area contributed by atoms with E-state index < -0.39 is 12.0 Å². The van der Waals surface area contributed by atoms with Gasteiger partial charge in [-0.3, -0.25) is 0 Å². The number of urea groups is 1. The van der Waals surface area contributed by atoms with Crippen molar-refractivity contribution in [2.24, 2.45) is 5.10 Å². The standard InChI is InChI=1S/C20H20ClN3O3/c1-27-19(25)18-8-5-13-23(18)20(26)24(17-11-9-16(21)10-12-17)22-14-15-6-3-2-4-7-15/h2-4,6-7,9-12,14,18H,5,8,13H2,1H3/b22-14-/t18-/m0/s1. The molecule has 1 aliphatic heterocycles. The van der Waals surface area contributed by atoms with Crippen LogP contribution in [0.1, 0.15) is 18.4 Å². The Hall–Kier alpha value is -2.86. The Morgan fingerprint density at radius 2 is 1.89 bits per heavy atom. The van der Waals surface area contributed by atoms with Crippen molar-refractivity contribution in [2.75, 3.05) is 18.7 Å². The highest BCUT2D eigenvalue weighted by Crippen LogP contribution is 2.25. The van der Waals surface area contributed by atoms with Gasteiger partial charge in [0.25, 0.3) is 0 Å². The number of hydrogen-bond acceptors (Lipinski definition) is 4. The predicted molar refractivity (Wildman–Crippen MR) is 105 cm³/mol. The predicted octanol–water partition coefficient (Wildman–Crippen LogP) is 3.94. The summed E-state index contributed by atoms with van der Waals surface area (Å²) in [6.07, 6.45) is 2.92. The highest BCUT2D eigenvalue weighted by Gasteiger charge is 2.37. The highest BCUT2D eigenvalue weighted by molar-refractivity contribution is 6.30. The number of halogens is 1. The lowest BCUT2D eigenvalue weighted by atomic mass is 10.2. The molecule has 1 heterocycles. The van der Waals surface area contributed by atoms with Gasteiger partial charge < -0.3 is 9.64 Å². The van der Waals surface area contributed by atoms with Crippen molar-refractivity contribution in [3.8, 4) is 0 Å². The zero-order valence-electron chi connectivity index (χ0n) is 14.9. The molecule has 0 bridgehead atoms. The Morgan fingerprint density at radius 3 is 2.56 bits per heavy atom. The van der Waals surface area contributed by atoms with Crippen molar-refractivity contribution in [2.45, 2.75) is 18.9 Å². The molecular formula is C20H20ClN3O3. The molecule has 0 saturated carbocycles. The van der Waals surface area contributed by atoms with Gasteiger partial charge in [-0.1, -0.05) is 41.9 Å². The van der Waals surface area contributed by atoms with Gasteiger partial charge in [0.2, 0.25) is 0 Å². The van der Waals surface area contributed by atoms with Gasteiger partial charge in [0.1, 0.15) is 6.04 Å². The monoisotopic (exact) mass is 385 g/mol. The second-order valence-corrected chi connectivity index (χ2v) is 6.54. The number of nitrogens with zero attached hydrogens (tertiary/aromatic N) is 3. The minimum absolute atomic E-state index is 0.377. The van der Waals surface area contributed by atoms with Crippen LogP contribution in [0.3, 0.4) is 0 Å². The van der Waals surface area contributed by atoms with E-state index in [2.05, 4.69) is 5.10 Å². The number of esters is 1. The van der Waals surface area contributed by atoms with Gasteiger partial charge in [-0.15, -0.1) is 0 Å². The Labute approximate surface area is 163 Å². The van der Waals surface area contributed by atoms with Gasteiger partial charge in [-0.05, 0) is 42.7 Å². The Balaban J connectivity index is 1.91. The minimum atomic E-state index is -0.593. The number of hydrazone groups is 1. The van der Waals surface area contributed by atoms with Crippen molar-refractivity contribution in [3.05, 3.63) is 65.2 Å². The summed E-state index contributed by atoms with van der Waals surface area (Å²) in [6, 6.07) is 15.3. The molecule has 2 aromatic rings. The lowest BCUT2D eigenvalue weighted by molar-refractivity contribution is -0.144. The second kappa shape index (κ2) is 8.68. The third-order valence-electron chi connectivity index (χ3n) is 4.35. The molecule has 6 nitrogen and oxygen atoms in total. The Kier molecular flexibility index (Phi) is 6.08. The van der Waals surface area contributed by atoms with Crippen LogP contribution >= 0.6 is 11.6 Å². The van der Waals surface area contributed by atoms with Crippen molar-refractivity contribution < 1.29 is 14.3 Å². The number of methoxy groups -OCH3 is 1. The molecule has 0 spiro atoms. The molecule has 7 heteroatoms. The molecule has 1 atom stereocenters. The van der Waals surface area contributed by atoms with E-state index in [-0.39, 0.29) is 6.03 Å². The van der Waals surface area contributed by atoms with Gasteiger partial charge in [0.15, 0.2) is 0 Å². The van der Waals surface area contributed by atoms with Gasteiger partial charge >= 0.3 is 12.0 Å². The lowest BCUT2D eigenvalue weighted by Crippen LogP contribution is -2.47. The fraction of sp³-hybridized carbons (Fsp3) is 0.250. The first-order valence-corrected chi connectivity index (χ1v) is 9.01. The summed E-state index contributed by atoms with van der Waals surface area (Å²) in [5, 5.41) is 6.22. The quantitative estimate of drug-likeness (QED) is 0.455. The van der Waals surface area contributed by atoms with Gasteiger partial charge in [-0.25, -0.2) is 9.59 Å². The largest absolute Gasteiger partial charge is 0.467 e. The number of carbonyl (C=O) groups is 2. The van der Waals surface area contributed by atoms with Crippen LogP contribution in [-0.4, -0.2) is 42.8 Å². The Morgan fingerprint density at radius 1 is 1.19 bits per heavy atom. The number of likely N-dealkylation sites (tertiary alicyclic amines) is 1. The maximum atomic E-state index is 13.2. The van der Waals surface area contributed by atoms with E-state index in [1.807, 2.05) is 30.3 Å². The van der Waals surface area contributed by atoms with E-state index in [0.29, 0.717) is 23.7 Å².